The average Bonchev–Trinajstić information content (AvgIpc) is 2.61. The molecule has 1 saturated carbocycles. The third-order valence-electron chi connectivity index (χ3n) is 3.75. The summed E-state index contributed by atoms with van der Waals surface area (Å²) < 4.78 is 0. The van der Waals surface area contributed by atoms with E-state index in [9.17, 15) is 4.79 Å². The SMILES string of the molecule is CC1CN(C2CCC(=O)C2)CC1C. The molecule has 74 valence electrons. The van der Waals surface area contributed by atoms with E-state index in [0.717, 1.165) is 31.1 Å². The van der Waals surface area contributed by atoms with Crippen molar-refractivity contribution in [3.05, 3.63) is 0 Å². The average molecular weight is 181 g/mol. The molecular formula is C11H19NO. The maximum Gasteiger partial charge on any atom is 0.134 e. The van der Waals surface area contributed by atoms with Crippen LogP contribution in [0.2, 0.25) is 0 Å². The maximum absolute atomic E-state index is 11.1. The van der Waals surface area contributed by atoms with Crippen molar-refractivity contribution in [1.82, 2.24) is 4.90 Å². The van der Waals surface area contributed by atoms with Crippen molar-refractivity contribution in [2.45, 2.75) is 39.2 Å². The Labute approximate surface area is 80.3 Å². The van der Waals surface area contributed by atoms with Crippen LogP contribution >= 0.6 is 0 Å². The second-order valence-electron chi connectivity index (χ2n) is 4.84. The Kier molecular flexibility index (Phi) is 2.41. The molecule has 1 aliphatic carbocycles. The van der Waals surface area contributed by atoms with Gasteiger partial charge in [-0.25, -0.2) is 0 Å². The molecule has 0 aromatic rings. The van der Waals surface area contributed by atoms with Gasteiger partial charge in [0, 0.05) is 32.0 Å². The number of likely N-dealkylation sites (tertiary alicyclic amines) is 1. The Morgan fingerprint density at radius 1 is 1.23 bits per heavy atom. The van der Waals surface area contributed by atoms with Gasteiger partial charge < -0.3 is 0 Å². The van der Waals surface area contributed by atoms with Crippen molar-refractivity contribution in [3.8, 4) is 0 Å². The number of ketones is 1. The first-order valence-corrected chi connectivity index (χ1v) is 5.42. The predicted molar refractivity (Wildman–Crippen MR) is 52.5 cm³/mol. The van der Waals surface area contributed by atoms with E-state index in [2.05, 4.69) is 18.7 Å². The van der Waals surface area contributed by atoms with E-state index in [1.54, 1.807) is 0 Å². The molecule has 2 nitrogen and oxygen atoms in total. The van der Waals surface area contributed by atoms with Crippen LogP contribution in [0.15, 0.2) is 0 Å². The smallest absolute Gasteiger partial charge is 0.134 e. The summed E-state index contributed by atoms with van der Waals surface area (Å²) in [5, 5.41) is 0. The number of carbonyl (C=O) groups is 1. The third kappa shape index (κ3) is 1.78. The molecule has 0 bridgehead atoms. The summed E-state index contributed by atoms with van der Waals surface area (Å²) in [5.74, 6) is 2.10. The highest BCUT2D eigenvalue weighted by atomic mass is 16.1. The monoisotopic (exact) mass is 181 g/mol. The number of hydrogen-bond acceptors (Lipinski definition) is 2. The summed E-state index contributed by atoms with van der Waals surface area (Å²) >= 11 is 0. The van der Waals surface area contributed by atoms with E-state index in [1.165, 1.54) is 13.1 Å². The molecule has 0 amide bonds. The second kappa shape index (κ2) is 3.41. The molecule has 1 heterocycles. The van der Waals surface area contributed by atoms with Crippen LogP contribution in [0.5, 0.6) is 0 Å². The van der Waals surface area contributed by atoms with Gasteiger partial charge in [-0.1, -0.05) is 13.8 Å². The molecule has 2 fully saturated rings. The first-order valence-electron chi connectivity index (χ1n) is 5.42. The Morgan fingerprint density at radius 3 is 2.31 bits per heavy atom. The summed E-state index contributed by atoms with van der Waals surface area (Å²) in [5.41, 5.74) is 0. The number of rotatable bonds is 1. The molecule has 0 aromatic carbocycles. The Bertz CT molecular complexity index is 204. The van der Waals surface area contributed by atoms with Gasteiger partial charge in [-0.15, -0.1) is 0 Å². The first-order chi connectivity index (χ1) is 6.16. The topological polar surface area (TPSA) is 20.3 Å². The maximum atomic E-state index is 11.1. The lowest BCUT2D eigenvalue weighted by Crippen LogP contribution is -2.31. The molecule has 2 rings (SSSR count). The fourth-order valence-corrected chi connectivity index (χ4v) is 2.58. The van der Waals surface area contributed by atoms with Crippen molar-refractivity contribution in [2.24, 2.45) is 11.8 Å². The summed E-state index contributed by atoms with van der Waals surface area (Å²) in [6.45, 7) is 7.06. The van der Waals surface area contributed by atoms with Gasteiger partial charge in [0.05, 0.1) is 0 Å². The highest BCUT2D eigenvalue weighted by molar-refractivity contribution is 5.81. The van der Waals surface area contributed by atoms with Crippen LogP contribution in [0.4, 0.5) is 0 Å². The van der Waals surface area contributed by atoms with E-state index < -0.39 is 0 Å². The number of nitrogens with zero attached hydrogens (tertiary/aromatic N) is 1. The molecule has 0 aromatic heterocycles. The van der Waals surface area contributed by atoms with Crippen molar-refractivity contribution < 1.29 is 4.79 Å². The van der Waals surface area contributed by atoms with Crippen LogP contribution in [0.3, 0.4) is 0 Å². The summed E-state index contributed by atoms with van der Waals surface area (Å²) in [4.78, 5) is 13.7. The molecule has 3 atom stereocenters. The fraction of sp³-hybridized carbons (Fsp3) is 0.909. The molecule has 0 spiro atoms. The van der Waals surface area contributed by atoms with Gasteiger partial charge in [-0.2, -0.15) is 0 Å². The minimum Gasteiger partial charge on any atom is -0.300 e. The summed E-state index contributed by atoms with van der Waals surface area (Å²) in [6, 6.07) is 0.583. The van der Waals surface area contributed by atoms with Gasteiger partial charge in [0.25, 0.3) is 0 Å². The largest absolute Gasteiger partial charge is 0.300 e. The molecule has 0 N–H and O–H groups in total. The van der Waals surface area contributed by atoms with Gasteiger partial charge in [-0.3, -0.25) is 9.69 Å². The van der Waals surface area contributed by atoms with Crippen molar-refractivity contribution in [2.75, 3.05) is 13.1 Å². The van der Waals surface area contributed by atoms with Gasteiger partial charge in [-0.05, 0) is 18.3 Å². The molecule has 2 aliphatic rings. The number of Topliss-reactive ketones (excluding diaryl/α,β-unsaturated/α-hetero) is 1. The second-order valence-corrected chi connectivity index (χ2v) is 4.84. The normalized spacial score (nSPS) is 41.7. The standard InChI is InChI=1S/C11H19NO/c1-8-6-12(7-9(8)2)10-3-4-11(13)5-10/h8-10H,3-7H2,1-2H3. The van der Waals surface area contributed by atoms with Crippen LogP contribution in [-0.4, -0.2) is 29.8 Å². The quantitative estimate of drug-likeness (QED) is 0.613. The zero-order valence-electron chi connectivity index (χ0n) is 8.62. The van der Waals surface area contributed by atoms with Crippen LogP contribution in [0, 0.1) is 11.8 Å². The lowest BCUT2D eigenvalue weighted by molar-refractivity contribution is -0.117. The van der Waals surface area contributed by atoms with Crippen molar-refractivity contribution in [1.29, 1.82) is 0 Å². The van der Waals surface area contributed by atoms with E-state index >= 15 is 0 Å². The minimum atomic E-state index is 0.470. The molecule has 13 heavy (non-hydrogen) atoms. The predicted octanol–water partition coefficient (Wildman–Crippen LogP) is 1.70. The van der Waals surface area contributed by atoms with E-state index in [4.69, 9.17) is 0 Å². The lowest BCUT2D eigenvalue weighted by atomic mass is 10.0. The van der Waals surface area contributed by atoms with Crippen LogP contribution < -0.4 is 0 Å². The van der Waals surface area contributed by atoms with E-state index in [-0.39, 0.29) is 0 Å². The van der Waals surface area contributed by atoms with Crippen molar-refractivity contribution >= 4 is 5.78 Å². The number of carbonyl (C=O) groups excluding carboxylic acids is 1. The van der Waals surface area contributed by atoms with Crippen LogP contribution in [0.25, 0.3) is 0 Å². The van der Waals surface area contributed by atoms with Crippen LogP contribution in [-0.2, 0) is 4.79 Å². The number of hydrogen-bond donors (Lipinski definition) is 0. The van der Waals surface area contributed by atoms with Gasteiger partial charge in [0.1, 0.15) is 5.78 Å². The van der Waals surface area contributed by atoms with Gasteiger partial charge in [0.2, 0.25) is 0 Å². The molecular weight excluding hydrogens is 162 g/mol. The Morgan fingerprint density at radius 2 is 1.85 bits per heavy atom. The molecule has 1 saturated heterocycles. The van der Waals surface area contributed by atoms with E-state index in [1.807, 2.05) is 0 Å². The highest BCUT2D eigenvalue weighted by Gasteiger charge is 2.34. The lowest BCUT2D eigenvalue weighted by Gasteiger charge is -2.22. The highest BCUT2D eigenvalue weighted by Crippen LogP contribution is 2.29. The third-order valence-corrected chi connectivity index (χ3v) is 3.75. The zero-order valence-corrected chi connectivity index (χ0v) is 8.62. The summed E-state index contributed by atoms with van der Waals surface area (Å²) in [6.07, 6.45) is 2.75. The first kappa shape index (κ1) is 9.20. The fourth-order valence-electron chi connectivity index (χ4n) is 2.58. The van der Waals surface area contributed by atoms with Crippen LogP contribution in [0.1, 0.15) is 33.1 Å². The van der Waals surface area contributed by atoms with Gasteiger partial charge in [0.15, 0.2) is 0 Å². The van der Waals surface area contributed by atoms with E-state index in [0.29, 0.717) is 11.8 Å². The molecule has 0 radical (unpaired) electrons. The Balaban J connectivity index is 1.92. The molecule has 1 aliphatic heterocycles. The summed E-state index contributed by atoms with van der Waals surface area (Å²) in [7, 11) is 0. The zero-order chi connectivity index (χ0) is 9.42. The minimum absolute atomic E-state index is 0.470. The van der Waals surface area contributed by atoms with Gasteiger partial charge >= 0.3 is 0 Å². The molecule has 2 heteroatoms. The Hall–Kier alpha value is -0.370. The van der Waals surface area contributed by atoms with Crippen molar-refractivity contribution in [3.63, 3.8) is 0 Å². The molecule has 3 unspecified atom stereocenters.